The number of rotatable bonds is 7. The number of carbonyl (C=O) groups excluding carboxylic acids is 1. The van der Waals surface area contributed by atoms with E-state index in [1.165, 1.54) is 0 Å². The van der Waals surface area contributed by atoms with Crippen LogP contribution >= 0.6 is 23.2 Å². The van der Waals surface area contributed by atoms with Gasteiger partial charge in [-0.05, 0) is 48.9 Å². The SMILES string of the molecule is COc1cc(OC)cc(-c2nc3n(n2)C(c2ccc(Cl)c(Cl)c2)C(C(=O)Nc2ccccc2OC)=C(C)N3)c1. The van der Waals surface area contributed by atoms with Gasteiger partial charge in [-0.1, -0.05) is 41.4 Å². The summed E-state index contributed by atoms with van der Waals surface area (Å²) >= 11 is 12.6. The van der Waals surface area contributed by atoms with Gasteiger partial charge in [0.15, 0.2) is 5.82 Å². The second kappa shape index (κ2) is 10.9. The molecule has 3 aromatic carbocycles. The predicted molar refractivity (Wildman–Crippen MR) is 151 cm³/mol. The molecule has 0 radical (unpaired) electrons. The maximum Gasteiger partial charge on any atom is 0.255 e. The standard InChI is InChI=1S/C28H25Cl2N5O4/c1-15-24(27(36)32-22-7-5-6-8-23(22)39-4)25(16-9-10-20(29)21(30)13-16)35-28(31-15)33-26(34-35)17-11-18(37-2)14-19(12-17)38-3/h5-14,25H,1-4H3,(H,32,36)(H,31,33,34). The van der Waals surface area contributed by atoms with Gasteiger partial charge in [0.25, 0.3) is 5.91 Å². The normalized spacial score (nSPS) is 14.4. The molecule has 5 rings (SSSR count). The molecule has 0 saturated carbocycles. The van der Waals surface area contributed by atoms with E-state index < -0.39 is 6.04 Å². The van der Waals surface area contributed by atoms with Crippen molar-refractivity contribution in [2.45, 2.75) is 13.0 Å². The van der Waals surface area contributed by atoms with Gasteiger partial charge in [0.05, 0.1) is 42.6 Å². The Balaban J connectivity index is 1.63. The van der Waals surface area contributed by atoms with E-state index >= 15 is 0 Å². The Morgan fingerprint density at radius 2 is 1.67 bits per heavy atom. The average molecular weight is 566 g/mol. The lowest BCUT2D eigenvalue weighted by Gasteiger charge is -2.29. The van der Waals surface area contributed by atoms with E-state index in [4.69, 9.17) is 47.5 Å². The highest BCUT2D eigenvalue weighted by Crippen LogP contribution is 2.39. The van der Waals surface area contributed by atoms with E-state index in [1.54, 1.807) is 56.3 Å². The van der Waals surface area contributed by atoms with Crippen LogP contribution in [0.3, 0.4) is 0 Å². The van der Waals surface area contributed by atoms with Crippen molar-refractivity contribution in [1.29, 1.82) is 0 Å². The molecule has 0 fully saturated rings. The minimum atomic E-state index is -0.667. The molecule has 2 N–H and O–H groups in total. The van der Waals surface area contributed by atoms with Crippen molar-refractivity contribution >= 4 is 40.7 Å². The van der Waals surface area contributed by atoms with Gasteiger partial charge >= 0.3 is 0 Å². The van der Waals surface area contributed by atoms with Gasteiger partial charge in [0.2, 0.25) is 5.95 Å². The summed E-state index contributed by atoms with van der Waals surface area (Å²) in [7, 11) is 4.70. The molecule has 0 aliphatic carbocycles. The minimum absolute atomic E-state index is 0.341. The number of nitrogens with one attached hydrogen (secondary N) is 2. The van der Waals surface area contributed by atoms with Gasteiger partial charge in [-0.25, -0.2) is 4.68 Å². The third-order valence-corrected chi connectivity index (χ3v) is 7.06. The van der Waals surface area contributed by atoms with Gasteiger partial charge in [-0.2, -0.15) is 4.98 Å². The Hall–Kier alpha value is -4.21. The molecule has 1 aromatic heterocycles. The van der Waals surface area contributed by atoms with Crippen LogP contribution in [-0.4, -0.2) is 42.0 Å². The van der Waals surface area contributed by atoms with Gasteiger partial charge < -0.3 is 24.8 Å². The number of aromatic nitrogens is 3. The number of nitrogens with zero attached hydrogens (tertiary/aromatic N) is 3. The van der Waals surface area contributed by atoms with E-state index in [9.17, 15) is 4.79 Å². The van der Waals surface area contributed by atoms with Crippen molar-refractivity contribution in [3.8, 4) is 28.6 Å². The number of methoxy groups -OCH3 is 3. The Morgan fingerprint density at radius 3 is 2.33 bits per heavy atom. The van der Waals surface area contributed by atoms with Crippen LogP contribution in [0.1, 0.15) is 18.5 Å². The number of carbonyl (C=O) groups is 1. The predicted octanol–water partition coefficient (Wildman–Crippen LogP) is 6.21. The summed E-state index contributed by atoms with van der Waals surface area (Å²) in [5, 5.41) is 11.8. The fraction of sp³-hybridized carbons (Fsp3) is 0.179. The van der Waals surface area contributed by atoms with Gasteiger partial charge in [0.1, 0.15) is 23.3 Å². The maximum absolute atomic E-state index is 13.8. The van der Waals surface area contributed by atoms with Crippen LogP contribution in [0, 0.1) is 0 Å². The quantitative estimate of drug-likeness (QED) is 0.275. The Kier molecular flexibility index (Phi) is 7.36. The topological polar surface area (TPSA) is 99.5 Å². The summed E-state index contributed by atoms with van der Waals surface area (Å²) in [6.07, 6.45) is 0. The first kappa shape index (κ1) is 26.4. The second-order valence-electron chi connectivity index (χ2n) is 8.70. The third-order valence-electron chi connectivity index (χ3n) is 6.32. The molecule has 39 heavy (non-hydrogen) atoms. The molecular weight excluding hydrogens is 541 g/mol. The third kappa shape index (κ3) is 5.10. The molecule has 0 saturated heterocycles. The number of para-hydroxylation sites is 2. The first-order valence-electron chi connectivity index (χ1n) is 11.9. The van der Waals surface area contributed by atoms with Crippen molar-refractivity contribution in [1.82, 2.24) is 14.8 Å². The summed E-state index contributed by atoms with van der Waals surface area (Å²) < 4.78 is 17.9. The lowest BCUT2D eigenvalue weighted by atomic mass is 9.95. The van der Waals surface area contributed by atoms with Crippen LogP contribution in [0.25, 0.3) is 11.4 Å². The first-order valence-corrected chi connectivity index (χ1v) is 12.7. The van der Waals surface area contributed by atoms with Gasteiger partial charge in [-0.3, -0.25) is 4.79 Å². The van der Waals surface area contributed by atoms with Crippen LogP contribution in [0.15, 0.2) is 71.9 Å². The molecule has 200 valence electrons. The number of amides is 1. The minimum Gasteiger partial charge on any atom is -0.497 e. The highest BCUT2D eigenvalue weighted by Gasteiger charge is 2.35. The lowest BCUT2D eigenvalue weighted by Crippen LogP contribution is -2.31. The summed E-state index contributed by atoms with van der Waals surface area (Å²) in [4.78, 5) is 18.5. The molecular formula is C28H25Cl2N5O4. The molecule has 0 bridgehead atoms. The maximum atomic E-state index is 13.8. The molecule has 1 aliphatic rings. The number of benzene rings is 3. The number of fused-ring (bicyclic) bond motifs is 1. The molecule has 9 nitrogen and oxygen atoms in total. The number of halogens is 2. The van der Waals surface area contributed by atoms with Crippen LogP contribution < -0.4 is 24.8 Å². The summed E-state index contributed by atoms with van der Waals surface area (Å²) in [6.45, 7) is 1.81. The van der Waals surface area contributed by atoms with Crippen LogP contribution in [-0.2, 0) is 4.79 Å². The van der Waals surface area contributed by atoms with Crippen molar-refractivity contribution in [3.63, 3.8) is 0 Å². The second-order valence-corrected chi connectivity index (χ2v) is 9.51. The zero-order valence-corrected chi connectivity index (χ0v) is 23.1. The molecule has 0 spiro atoms. The first-order chi connectivity index (χ1) is 18.8. The molecule has 1 unspecified atom stereocenters. The Bertz CT molecular complexity index is 1580. The molecule has 1 amide bonds. The van der Waals surface area contributed by atoms with E-state index in [2.05, 4.69) is 10.6 Å². The number of hydrogen-bond acceptors (Lipinski definition) is 7. The highest BCUT2D eigenvalue weighted by atomic mass is 35.5. The smallest absolute Gasteiger partial charge is 0.255 e. The van der Waals surface area contributed by atoms with Crippen molar-refractivity contribution in [2.24, 2.45) is 0 Å². The molecule has 11 heteroatoms. The zero-order chi connectivity index (χ0) is 27.7. The molecule has 1 aliphatic heterocycles. The average Bonchev–Trinajstić information content (AvgIpc) is 3.37. The Labute approximate surface area is 235 Å². The zero-order valence-electron chi connectivity index (χ0n) is 21.6. The van der Waals surface area contributed by atoms with Crippen molar-refractivity contribution < 1.29 is 19.0 Å². The largest absolute Gasteiger partial charge is 0.497 e. The number of ether oxygens (including phenoxy) is 3. The van der Waals surface area contributed by atoms with Gasteiger partial charge in [-0.15, -0.1) is 5.10 Å². The molecule has 4 aromatic rings. The van der Waals surface area contributed by atoms with E-state index in [0.29, 0.717) is 67.2 Å². The monoisotopic (exact) mass is 565 g/mol. The molecule has 2 heterocycles. The fourth-order valence-electron chi connectivity index (χ4n) is 4.43. The van der Waals surface area contributed by atoms with E-state index in [-0.39, 0.29) is 5.91 Å². The van der Waals surface area contributed by atoms with E-state index in [0.717, 1.165) is 0 Å². The van der Waals surface area contributed by atoms with E-state index in [1.807, 2.05) is 37.3 Å². The van der Waals surface area contributed by atoms with Crippen LogP contribution in [0.2, 0.25) is 10.0 Å². The highest BCUT2D eigenvalue weighted by molar-refractivity contribution is 6.42. The van der Waals surface area contributed by atoms with Crippen molar-refractivity contribution in [2.75, 3.05) is 32.0 Å². The lowest BCUT2D eigenvalue weighted by molar-refractivity contribution is -0.113. The Morgan fingerprint density at radius 1 is 0.949 bits per heavy atom. The summed E-state index contributed by atoms with van der Waals surface area (Å²) in [5.74, 6) is 2.25. The number of allylic oxidation sites excluding steroid dienone is 1. The van der Waals surface area contributed by atoms with Crippen molar-refractivity contribution in [3.05, 3.63) is 87.5 Å². The summed E-state index contributed by atoms with van der Waals surface area (Å²) in [5.41, 5.74) is 2.95. The van der Waals surface area contributed by atoms with Crippen LogP contribution in [0.5, 0.6) is 17.2 Å². The number of anilines is 2. The van der Waals surface area contributed by atoms with Crippen LogP contribution in [0.4, 0.5) is 11.6 Å². The summed E-state index contributed by atoms with van der Waals surface area (Å²) in [6, 6.07) is 17.1. The fourth-order valence-corrected chi connectivity index (χ4v) is 4.74. The molecule has 1 atom stereocenters. The van der Waals surface area contributed by atoms with Gasteiger partial charge in [0, 0.05) is 17.3 Å². The number of hydrogen-bond donors (Lipinski definition) is 2.